The van der Waals surface area contributed by atoms with E-state index in [1.165, 1.54) is 11.3 Å². The molecule has 1 aromatic heterocycles. The molecule has 1 saturated heterocycles. The second-order valence-electron chi connectivity index (χ2n) is 5.93. The SMILES string of the molecule is Cc1c(Cl)cccc1S(=O)(=O)[AsH]c1nnc(CCOC(=O)N2CCOCC2)s1. The quantitative estimate of drug-likeness (QED) is 0.537. The van der Waals surface area contributed by atoms with E-state index in [1.54, 1.807) is 30.0 Å². The summed E-state index contributed by atoms with van der Waals surface area (Å²) >= 11 is 5.71. The van der Waals surface area contributed by atoms with Gasteiger partial charge in [-0.05, 0) is 0 Å². The van der Waals surface area contributed by atoms with Crippen LogP contribution in [0.2, 0.25) is 5.02 Å². The Labute approximate surface area is 177 Å². The maximum absolute atomic E-state index is 12.7. The van der Waals surface area contributed by atoms with Crippen molar-refractivity contribution in [2.45, 2.75) is 18.2 Å². The molecule has 0 saturated carbocycles. The number of nitrogens with zero attached hydrogens (tertiary/aromatic N) is 3. The van der Waals surface area contributed by atoms with Crippen LogP contribution in [0.1, 0.15) is 10.6 Å². The average molecular weight is 508 g/mol. The molecule has 28 heavy (non-hydrogen) atoms. The van der Waals surface area contributed by atoms with E-state index in [-0.39, 0.29) is 17.6 Å². The van der Waals surface area contributed by atoms with Gasteiger partial charge in [0, 0.05) is 0 Å². The van der Waals surface area contributed by atoms with E-state index < -0.39 is 22.7 Å². The zero-order valence-electron chi connectivity index (χ0n) is 15.1. The van der Waals surface area contributed by atoms with Gasteiger partial charge in [-0.2, -0.15) is 0 Å². The average Bonchev–Trinajstić information content (AvgIpc) is 3.11. The molecule has 1 unspecified atom stereocenters. The van der Waals surface area contributed by atoms with Crippen molar-refractivity contribution in [2.75, 3.05) is 32.9 Å². The van der Waals surface area contributed by atoms with Crippen molar-refractivity contribution < 1.29 is 22.7 Å². The Morgan fingerprint density at radius 2 is 2.11 bits per heavy atom. The van der Waals surface area contributed by atoms with Crippen molar-refractivity contribution in [3.63, 3.8) is 0 Å². The number of carbonyl (C=O) groups excluding carboxylic acids is 1. The molecule has 2 heterocycles. The van der Waals surface area contributed by atoms with Crippen LogP contribution in [0, 0.1) is 6.92 Å². The van der Waals surface area contributed by atoms with Crippen LogP contribution < -0.4 is 3.80 Å². The van der Waals surface area contributed by atoms with Crippen LogP contribution in [-0.2, 0) is 24.0 Å². The Morgan fingerprint density at radius 1 is 1.36 bits per heavy atom. The van der Waals surface area contributed by atoms with E-state index in [2.05, 4.69) is 10.2 Å². The van der Waals surface area contributed by atoms with Crippen LogP contribution in [0.5, 0.6) is 0 Å². The van der Waals surface area contributed by atoms with Crippen LogP contribution >= 0.6 is 22.9 Å². The van der Waals surface area contributed by atoms with Crippen LogP contribution in [0.4, 0.5) is 4.79 Å². The van der Waals surface area contributed by atoms with Crippen molar-refractivity contribution in [1.29, 1.82) is 0 Å². The number of halogens is 1. The van der Waals surface area contributed by atoms with E-state index >= 15 is 0 Å². The van der Waals surface area contributed by atoms with Crippen LogP contribution in [0.25, 0.3) is 0 Å². The van der Waals surface area contributed by atoms with Gasteiger partial charge < -0.3 is 0 Å². The summed E-state index contributed by atoms with van der Waals surface area (Å²) in [6, 6.07) is 4.85. The number of hydrogen-bond acceptors (Lipinski definition) is 8. The molecule has 152 valence electrons. The molecule has 0 spiro atoms. The molecule has 1 fully saturated rings. The fraction of sp³-hybridized carbons (Fsp3) is 0.438. The van der Waals surface area contributed by atoms with E-state index in [0.717, 1.165) is 0 Å². The Kier molecular flexibility index (Phi) is 7.33. The molecule has 3 rings (SSSR count). The summed E-state index contributed by atoms with van der Waals surface area (Å²) in [6.07, 6.45) is 0.0244. The molecule has 8 nitrogen and oxygen atoms in total. The van der Waals surface area contributed by atoms with Crippen LogP contribution in [-0.4, -0.2) is 77.1 Å². The molecule has 0 N–H and O–H groups in total. The number of hydrogen-bond donors (Lipinski definition) is 0. The number of rotatable bonds is 6. The minimum atomic E-state index is -3.46. The standard InChI is InChI=1S/C16H19AsClN3O5S2/c1-11-12(18)3-2-4-13(11)28(23,24)17-15-20-19-14(27-15)5-8-26-16(22)21-6-9-25-10-7-21/h2-4,17H,5-10H2,1H3. The second kappa shape index (κ2) is 9.54. The molecule has 1 aliphatic heterocycles. The molecule has 1 aromatic carbocycles. The zero-order chi connectivity index (χ0) is 20.1. The van der Waals surface area contributed by atoms with Gasteiger partial charge in [0.25, 0.3) is 0 Å². The Balaban J connectivity index is 1.55. The fourth-order valence-electron chi connectivity index (χ4n) is 2.51. The molecular weight excluding hydrogens is 489 g/mol. The van der Waals surface area contributed by atoms with Crippen molar-refractivity contribution >= 4 is 55.5 Å². The van der Waals surface area contributed by atoms with Crippen molar-refractivity contribution in [2.24, 2.45) is 0 Å². The molecule has 1 amide bonds. The second-order valence-corrected chi connectivity index (χ2v) is 15.5. The van der Waals surface area contributed by atoms with Gasteiger partial charge in [-0.1, -0.05) is 0 Å². The van der Waals surface area contributed by atoms with Crippen molar-refractivity contribution in [3.05, 3.63) is 33.8 Å². The zero-order valence-corrected chi connectivity index (χ0v) is 19.5. The monoisotopic (exact) mass is 507 g/mol. The molecule has 0 bridgehead atoms. The first-order chi connectivity index (χ1) is 13.4. The number of morpholine rings is 1. The van der Waals surface area contributed by atoms with Gasteiger partial charge >= 0.3 is 178 Å². The van der Waals surface area contributed by atoms with Gasteiger partial charge in [0.1, 0.15) is 0 Å². The van der Waals surface area contributed by atoms with Gasteiger partial charge in [-0.15, -0.1) is 0 Å². The maximum atomic E-state index is 12.7. The molecule has 0 radical (unpaired) electrons. The van der Waals surface area contributed by atoms with Gasteiger partial charge in [0.05, 0.1) is 0 Å². The predicted octanol–water partition coefficient (Wildman–Crippen LogP) is 0.962. The molecule has 1 aliphatic rings. The molecule has 0 aliphatic carbocycles. The minimum absolute atomic E-state index is 0.172. The number of benzene rings is 1. The van der Waals surface area contributed by atoms with E-state index in [9.17, 15) is 13.2 Å². The topological polar surface area (TPSA) is 98.7 Å². The predicted molar refractivity (Wildman–Crippen MR) is 108 cm³/mol. The number of aromatic nitrogens is 2. The van der Waals surface area contributed by atoms with E-state index in [1.807, 2.05) is 0 Å². The summed E-state index contributed by atoms with van der Waals surface area (Å²) in [5.41, 5.74) is 0.549. The Bertz CT molecular complexity index is 948. The van der Waals surface area contributed by atoms with Crippen molar-refractivity contribution in [1.82, 2.24) is 15.1 Å². The van der Waals surface area contributed by atoms with Gasteiger partial charge in [0.15, 0.2) is 0 Å². The third kappa shape index (κ3) is 5.45. The Hall–Kier alpha value is -1.19. The van der Waals surface area contributed by atoms with Crippen LogP contribution in [0.15, 0.2) is 23.1 Å². The first-order valence-electron chi connectivity index (χ1n) is 8.46. The van der Waals surface area contributed by atoms with Gasteiger partial charge in [-0.25, -0.2) is 0 Å². The number of amides is 1. The fourth-order valence-corrected chi connectivity index (χ4v) is 11.8. The van der Waals surface area contributed by atoms with Gasteiger partial charge in [0.2, 0.25) is 0 Å². The summed E-state index contributed by atoms with van der Waals surface area (Å²) in [5.74, 6) is 0. The van der Waals surface area contributed by atoms with E-state index in [0.29, 0.717) is 52.1 Å². The Morgan fingerprint density at radius 3 is 2.86 bits per heavy atom. The van der Waals surface area contributed by atoms with Gasteiger partial charge in [-0.3, -0.25) is 0 Å². The molecule has 1 atom stereocenters. The molecule has 2 aromatic rings. The third-order valence-corrected chi connectivity index (χ3v) is 13.0. The number of carbonyl (C=O) groups is 1. The normalized spacial score (nSPS) is 15.3. The van der Waals surface area contributed by atoms with E-state index in [4.69, 9.17) is 21.1 Å². The first kappa shape index (κ1) is 21.5. The summed E-state index contributed by atoms with van der Waals surface area (Å²) in [7, 11) is -3.46. The third-order valence-electron chi connectivity index (χ3n) is 4.01. The number of ether oxygens (including phenoxy) is 2. The summed E-state index contributed by atoms with van der Waals surface area (Å²) in [6.45, 7) is 3.93. The first-order valence-corrected chi connectivity index (χ1v) is 14.8. The van der Waals surface area contributed by atoms with Crippen molar-refractivity contribution in [3.8, 4) is 0 Å². The van der Waals surface area contributed by atoms with Crippen LogP contribution in [0.3, 0.4) is 0 Å². The summed E-state index contributed by atoms with van der Waals surface area (Å²) in [5, 5.41) is 9.11. The molecular formula is C16H19AsClN3O5S2. The molecule has 12 heteroatoms. The summed E-state index contributed by atoms with van der Waals surface area (Å²) in [4.78, 5) is 13.8. The summed E-state index contributed by atoms with van der Waals surface area (Å²) < 4.78 is 36.4.